The molecule has 26 heavy (non-hydrogen) atoms. The first-order chi connectivity index (χ1) is 12.6. The number of aromatic nitrogens is 3. The average molecular weight is 371 g/mol. The normalized spacial score (nSPS) is 10.8. The summed E-state index contributed by atoms with van der Waals surface area (Å²) in [6, 6.07) is 9.86. The standard InChI is InChI=1S/C18H21N5O2S/c1-3-22(4-2)18-21-23-16(25)14(12-20-17(23)26-18)15(24)19-11-10-13-8-6-5-7-9-13/h5-9,12H,3-4,10-11H2,1-2H3,(H,19,24). The fourth-order valence-corrected chi connectivity index (χ4v) is 3.60. The molecule has 136 valence electrons. The van der Waals surface area contributed by atoms with Gasteiger partial charge in [0.25, 0.3) is 11.5 Å². The maximum atomic E-state index is 12.6. The molecule has 3 aromatic rings. The first kappa shape index (κ1) is 18.1. The molecule has 0 radical (unpaired) electrons. The van der Waals surface area contributed by atoms with Crippen LogP contribution in [0.2, 0.25) is 0 Å². The molecule has 0 spiro atoms. The molecule has 0 aliphatic heterocycles. The second kappa shape index (κ2) is 8.09. The van der Waals surface area contributed by atoms with Gasteiger partial charge in [-0.25, -0.2) is 4.98 Å². The molecule has 0 bridgehead atoms. The second-order valence-electron chi connectivity index (χ2n) is 5.72. The van der Waals surface area contributed by atoms with Crippen LogP contribution in [0.25, 0.3) is 4.96 Å². The second-order valence-corrected chi connectivity index (χ2v) is 6.65. The number of anilines is 1. The van der Waals surface area contributed by atoms with Crippen LogP contribution in [0.4, 0.5) is 5.13 Å². The summed E-state index contributed by atoms with van der Waals surface area (Å²) in [5.74, 6) is -0.426. The van der Waals surface area contributed by atoms with E-state index in [2.05, 4.69) is 15.4 Å². The molecular formula is C18H21N5O2S. The van der Waals surface area contributed by atoms with Gasteiger partial charge in [0.15, 0.2) is 0 Å². The Morgan fingerprint density at radius 2 is 1.96 bits per heavy atom. The van der Waals surface area contributed by atoms with E-state index in [0.29, 0.717) is 17.9 Å². The minimum Gasteiger partial charge on any atom is -0.351 e. The lowest BCUT2D eigenvalue weighted by atomic mass is 10.1. The van der Waals surface area contributed by atoms with Crippen LogP contribution in [0.1, 0.15) is 29.8 Å². The van der Waals surface area contributed by atoms with Crippen molar-refractivity contribution in [3.63, 3.8) is 0 Å². The van der Waals surface area contributed by atoms with Gasteiger partial charge in [-0.05, 0) is 25.8 Å². The van der Waals surface area contributed by atoms with Crippen molar-refractivity contribution in [2.45, 2.75) is 20.3 Å². The van der Waals surface area contributed by atoms with E-state index in [1.54, 1.807) is 0 Å². The maximum Gasteiger partial charge on any atom is 0.288 e. The zero-order valence-electron chi connectivity index (χ0n) is 14.8. The molecule has 1 amide bonds. The van der Waals surface area contributed by atoms with E-state index in [-0.39, 0.29) is 5.56 Å². The van der Waals surface area contributed by atoms with Crippen LogP contribution >= 0.6 is 11.3 Å². The van der Waals surface area contributed by atoms with Crippen LogP contribution in [0.5, 0.6) is 0 Å². The first-order valence-electron chi connectivity index (χ1n) is 8.60. The Hall–Kier alpha value is -2.74. The third-order valence-corrected chi connectivity index (χ3v) is 5.08. The summed E-state index contributed by atoms with van der Waals surface area (Å²) >= 11 is 1.34. The number of fused-ring (bicyclic) bond motifs is 1. The predicted molar refractivity (Wildman–Crippen MR) is 103 cm³/mol. The highest BCUT2D eigenvalue weighted by Gasteiger charge is 2.17. The number of carbonyl (C=O) groups excluding carboxylic acids is 1. The van der Waals surface area contributed by atoms with Crippen molar-refractivity contribution in [2.24, 2.45) is 0 Å². The Kier molecular flexibility index (Phi) is 5.62. The fraction of sp³-hybridized carbons (Fsp3) is 0.333. The van der Waals surface area contributed by atoms with Gasteiger partial charge in [-0.3, -0.25) is 9.59 Å². The lowest BCUT2D eigenvalue weighted by molar-refractivity contribution is 0.0952. The van der Waals surface area contributed by atoms with E-state index in [4.69, 9.17) is 0 Å². The van der Waals surface area contributed by atoms with Crippen LogP contribution in [0.15, 0.2) is 41.3 Å². The summed E-state index contributed by atoms with van der Waals surface area (Å²) < 4.78 is 1.21. The molecule has 2 heterocycles. The number of rotatable bonds is 7. The molecule has 0 unspecified atom stereocenters. The van der Waals surface area contributed by atoms with Crippen molar-refractivity contribution in [3.8, 4) is 0 Å². The third kappa shape index (κ3) is 3.75. The Morgan fingerprint density at radius 3 is 2.65 bits per heavy atom. The van der Waals surface area contributed by atoms with Gasteiger partial charge in [0.2, 0.25) is 10.1 Å². The molecule has 3 rings (SSSR count). The van der Waals surface area contributed by atoms with E-state index in [1.165, 1.54) is 22.0 Å². The molecule has 0 atom stereocenters. The Balaban J connectivity index is 1.76. The van der Waals surface area contributed by atoms with E-state index in [0.717, 1.165) is 23.8 Å². The van der Waals surface area contributed by atoms with Gasteiger partial charge in [-0.1, -0.05) is 41.7 Å². The zero-order valence-corrected chi connectivity index (χ0v) is 15.6. The van der Waals surface area contributed by atoms with Crippen molar-refractivity contribution in [2.75, 3.05) is 24.5 Å². The fourth-order valence-electron chi connectivity index (χ4n) is 2.61. The maximum absolute atomic E-state index is 12.6. The first-order valence-corrected chi connectivity index (χ1v) is 9.41. The molecule has 8 heteroatoms. The molecule has 1 aromatic carbocycles. The van der Waals surface area contributed by atoms with Gasteiger partial charge >= 0.3 is 0 Å². The number of nitrogens with one attached hydrogen (secondary N) is 1. The van der Waals surface area contributed by atoms with Gasteiger partial charge in [0.05, 0.1) is 0 Å². The van der Waals surface area contributed by atoms with Crippen molar-refractivity contribution >= 4 is 27.3 Å². The van der Waals surface area contributed by atoms with Crippen LogP contribution < -0.4 is 15.8 Å². The summed E-state index contributed by atoms with van der Waals surface area (Å²) in [5.41, 5.74) is 0.690. The quantitative estimate of drug-likeness (QED) is 0.687. The molecule has 0 saturated carbocycles. The van der Waals surface area contributed by atoms with Gasteiger partial charge in [-0.2, -0.15) is 4.52 Å². The third-order valence-electron chi connectivity index (χ3n) is 4.10. The van der Waals surface area contributed by atoms with Crippen LogP contribution in [-0.4, -0.2) is 40.1 Å². The molecule has 0 aliphatic carbocycles. The molecule has 0 aliphatic rings. The monoisotopic (exact) mass is 371 g/mol. The summed E-state index contributed by atoms with van der Waals surface area (Å²) in [5, 5.41) is 7.83. The predicted octanol–water partition coefficient (Wildman–Crippen LogP) is 1.97. The number of nitrogens with zero attached hydrogens (tertiary/aromatic N) is 4. The minimum absolute atomic E-state index is 0.00644. The highest BCUT2D eigenvalue weighted by atomic mass is 32.1. The summed E-state index contributed by atoms with van der Waals surface area (Å²) in [6.07, 6.45) is 2.03. The number of carbonyl (C=O) groups is 1. The van der Waals surface area contributed by atoms with Crippen LogP contribution in [0, 0.1) is 0 Å². The van der Waals surface area contributed by atoms with Crippen LogP contribution in [-0.2, 0) is 6.42 Å². The van der Waals surface area contributed by atoms with E-state index in [9.17, 15) is 9.59 Å². The van der Waals surface area contributed by atoms with Gasteiger partial charge in [0.1, 0.15) is 5.56 Å². The summed E-state index contributed by atoms with van der Waals surface area (Å²) in [7, 11) is 0. The lowest BCUT2D eigenvalue weighted by Gasteiger charge is -2.15. The van der Waals surface area contributed by atoms with E-state index in [1.807, 2.05) is 49.1 Å². The van der Waals surface area contributed by atoms with Crippen molar-refractivity contribution in [1.29, 1.82) is 0 Å². The van der Waals surface area contributed by atoms with E-state index < -0.39 is 11.5 Å². The molecule has 7 nitrogen and oxygen atoms in total. The Morgan fingerprint density at radius 1 is 1.23 bits per heavy atom. The average Bonchev–Trinajstić information content (AvgIpc) is 3.09. The molecule has 0 saturated heterocycles. The molecular weight excluding hydrogens is 350 g/mol. The topological polar surface area (TPSA) is 79.6 Å². The molecule has 0 fully saturated rings. The van der Waals surface area contributed by atoms with Gasteiger partial charge in [-0.15, -0.1) is 5.10 Å². The van der Waals surface area contributed by atoms with Crippen molar-refractivity contribution in [3.05, 3.63) is 58.0 Å². The number of benzene rings is 1. The number of amides is 1. The largest absolute Gasteiger partial charge is 0.351 e. The number of hydrogen-bond acceptors (Lipinski definition) is 6. The van der Waals surface area contributed by atoms with Gasteiger partial charge in [0, 0.05) is 25.8 Å². The highest BCUT2D eigenvalue weighted by Crippen LogP contribution is 2.20. The molecule has 2 aromatic heterocycles. The summed E-state index contributed by atoms with van der Waals surface area (Å²) in [4.78, 5) is 31.7. The minimum atomic E-state index is -0.443. The highest BCUT2D eigenvalue weighted by molar-refractivity contribution is 7.20. The lowest BCUT2D eigenvalue weighted by Crippen LogP contribution is -2.33. The van der Waals surface area contributed by atoms with Crippen molar-refractivity contribution in [1.82, 2.24) is 19.9 Å². The SMILES string of the molecule is CCN(CC)c1nn2c(=O)c(C(=O)NCCc3ccccc3)cnc2s1. The van der Waals surface area contributed by atoms with Crippen LogP contribution in [0.3, 0.4) is 0 Å². The smallest absolute Gasteiger partial charge is 0.288 e. The molecule has 1 N–H and O–H groups in total. The Labute approximate surface area is 155 Å². The summed E-state index contributed by atoms with van der Waals surface area (Å²) in [6.45, 7) is 6.08. The zero-order chi connectivity index (χ0) is 18.5. The Bertz CT molecular complexity index is 947. The van der Waals surface area contributed by atoms with E-state index >= 15 is 0 Å². The van der Waals surface area contributed by atoms with Crippen molar-refractivity contribution < 1.29 is 4.79 Å². The number of hydrogen-bond donors (Lipinski definition) is 1. The van der Waals surface area contributed by atoms with Gasteiger partial charge < -0.3 is 10.2 Å².